The zero-order valence-corrected chi connectivity index (χ0v) is 15.8. The highest BCUT2D eigenvalue weighted by atomic mass is 35.5. The maximum atomic E-state index is 5.92. The third kappa shape index (κ3) is 4.50. The topological polar surface area (TPSA) is 89.6 Å². The minimum atomic E-state index is 0.432. The Hall–Kier alpha value is -1.21. The first-order valence-electron chi connectivity index (χ1n) is 8.27. The van der Waals surface area contributed by atoms with Crippen molar-refractivity contribution in [3.05, 3.63) is 38.7 Å². The lowest BCUT2D eigenvalue weighted by Crippen LogP contribution is -2.14. The van der Waals surface area contributed by atoms with Gasteiger partial charge in [0, 0.05) is 0 Å². The van der Waals surface area contributed by atoms with Crippen LogP contribution in [0, 0.1) is 0 Å². The fourth-order valence-corrected chi connectivity index (χ4v) is 3.49. The van der Waals surface area contributed by atoms with E-state index in [-0.39, 0.29) is 0 Å². The van der Waals surface area contributed by atoms with Crippen molar-refractivity contribution < 1.29 is 0 Å². The number of hydrogen-bond acceptors (Lipinski definition) is 6. The van der Waals surface area contributed by atoms with E-state index in [1.165, 1.54) is 38.5 Å². The zero-order valence-electron chi connectivity index (χ0n) is 13.6. The summed E-state index contributed by atoms with van der Waals surface area (Å²) in [6, 6.07) is 3.69. The Kier molecular flexibility index (Phi) is 6.28. The molecule has 2 fully saturated rings. The summed E-state index contributed by atoms with van der Waals surface area (Å²) in [4.78, 5) is 0. The van der Waals surface area contributed by atoms with Crippen LogP contribution in [0.3, 0.4) is 0 Å². The minimum Gasteiger partial charge on any atom is -0.307 e. The number of hydrogen-bond donors (Lipinski definition) is 2. The second-order valence-electron chi connectivity index (χ2n) is 6.29. The summed E-state index contributed by atoms with van der Waals surface area (Å²) in [5.74, 6) is 6.92. The first-order valence-corrected chi connectivity index (χ1v) is 9.40. The Bertz CT molecular complexity index is 734. The molecule has 0 atom stereocenters. The fourth-order valence-electron chi connectivity index (χ4n) is 2.84. The lowest BCUT2D eigenvalue weighted by Gasteiger charge is -2.26. The predicted octanol–water partition coefficient (Wildman–Crippen LogP) is 4.73. The van der Waals surface area contributed by atoms with Gasteiger partial charge in [-0.3, -0.25) is 0 Å². The van der Waals surface area contributed by atoms with Crippen molar-refractivity contribution in [3.63, 3.8) is 0 Å². The van der Waals surface area contributed by atoms with Gasteiger partial charge in [0.2, 0.25) is 0 Å². The minimum absolute atomic E-state index is 0.432. The molecule has 2 aliphatic carbocycles. The molecule has 134 valence electrons. The van der Waals surface area contributed by atoms with Crippen molar-refractivity contribution in [2.75, 3.05) is 5.43 Å². The standard InChI is InChI=1S/C8H8Cl2N2.C8H11ClN4/c9-7-4-6(5-2-1-3-5)8(10)12-11-7;9-8-6(5-2-1-3-5)4-7(11-10)12-13-8/h4-5H,1-3H2;4-5H,1-3,10H2,(H,11,12). The number of aromatic nitrogens is 4. The summed E-state index contributed by atoms with van der Waals surface area (Å²) in [5.41, 5.74) is 4.59. The van der Waals surface area contributed by atoms with E-state index in [2.05, 4.69) is 25.8 Å². The molecular formula is C16H19Cl3N6. The lowest BCUT2D eigenvalue weighted by atomic mass is 9.81. The van der Waals surface area contributed by atoms with Crippen molar-refractivity contribution in [2.24, 2.45) is 5.84 Å². The molecule has 6 nitrogen and oxygen atoms in total. The normalized spacial score (nSPS) is 17.1. The highest BCUT2D eigenvalue weighted by Crippen LogP contribution is 2.40. The zero-order chi connectivity index (χ0) is 17.8. The van der Waals surface area contributed by atoms with Crippen LogP contribution in [-0.2, 0) is 0 Å². The summed E-state index contributed by atoms with van der Waals surface area (Å²) in [7, 11) is 0. The number of nitrogens with zero attached hydrogens (tertiary/aromatic N) is 4. The van der Waals surface area contributed by atoms with Crippen molar-refractivity contribution in [2.45, 2.75) is 50.4 Å². The number of nitrogen functional groups attached to an aromatic ring is 1. The SMILES string of the molecule is Clc1cc(C2CCC2)c(Cl)nn1.NNc1cc(C2CCC2)c(Cl)nn1. The van der Waals surface area contributed by atoms with E-state index in [1.54, 1.807) is 0 Å². The number of nitrogens with one attached hydrogen (secondary N) is 1. The molecule has 0 saturated heterocycles. The van der Waals surface area contributed by atoms with Gasteiger partial charge >= 0.3 is 0 Å². The van der Waals surface area contributed by atoms with Gasteiger partial charge in [-0.15, -0.1) is 20.4 Å². The van der Waals surface area contributed by atoms with Crippen molar-refractivity contribution in [3.8, 4) is 0 Å². The molecule has 2 aromatic heterocycles. The third-order valence-electron chi connectivity index (χ3n) is 4.76. The molecule has 0 radical (unpaired) electrons. The van der Waals surface area contributed by atoms with E-state index >= 15 is 0 Å². The molecule has 4 rings (SSSR count). The first-order chi connectivity index (χ1) is 12.1. The van der Waals surface area contributed by atoms with E-state index in [4.69, 9.17) is 40.6 Å². The molecular weight excluding hydrogens is 383 g/mol. The van der Waals surface area contributed by atoms with Gasteiger partial charge in [-0.2, -0.15) is 0 Å². The van der Waals surface area contributed by atoms with Gasteiger partial charge in [0.25, 0.3) is 0 Å². The van der Waals surface area contributed by atoms with E-state index < -0.39 is 0 Å². The molecule has 0 aliphatic heterocycles. The van der Waals surface area contributed by atoms with E-state index in [1.807, 2.05) is 12.1 Å². The van der Waals surface area contributed by atoms with Crippen LogP contribution < -0.4 is 11.3 Å². The molecule has 25 heavy (non-hydrogen) atoms. The van der Waals surface area contributed by atoms with Crippen molar-refractivity contribution >= 4 is 40.6 Å². The van der Waals surface area contributed by atoms with Gasteiger partial charge < -0.3 is 5.43 Å². The lowest BCUT2D eigenvalue weighted by molar-refractivity contribution is 0.418. The average Bonchev–Trinajstić information content (AvgIpc) is 2.50. The van der Waals surface area contributed by atoms with Crippen molar-refractivity contribution in [1.82, 2.24) is 20.4 Å². The second kappa shape index (κ2) is 8.45. The fraction of sp³-hybridized carbons (Fsp3) is 0.500. The van der Waals surface area contributed by atoms with Crippen LogP contribution in [0.1, 0.15) is 61.5 Å². The van der Waals surface area contributed by atoms with Gasteiger partial charge in [-0.1, -0.05) is 47.6 Å². The summed E-state index contributed by atoms with van der Waals surface area (Å²) in [5, 5.41) is 16.5. The van der Waals surface area contributed by atoms with Crippen LogP contribution in [-0.4, -0.2) is 20.4 Å². The summed E-state index contributed by atoms with van der Waals surface area (Å²) < 4.78 is 0. The van der Waals surface area contributed by atoms with Crippen molar-refractivity contribution in [1.29, 1.82) is 0 Å². The van der Waals surface area contributed by atoms with E-state index in [9.17, 15) is 0 Å². The number of rotatable bonds is 3. The van der Waals surface area contributed by atoms with Crippen LogP contribution in [0.4, 0.5) is 5.82 Å². The molecule has 9 heteroatoms. The molecule has 2 aromatic rings. The summed E-state index contributed by atoms with van der Waals surface area (Å²) in [6.45, 7) is 0. The summed E-state index contributed by atoms with van der Waals surface area (Å²) in [6.07, 6.45) is 7.32. The molecule has 0 aromatic carbocycles. The number of halogens is 3. The molecule has 3 N–H and O–H groups in total. The maximum absolute atomic E-state index is 5.92. The number of nitrogens with two attached hydrogens (primary N) is 1. The smallest absolute Gasteiger partial charge is 0.163 e. The molecule has 2 saturated carbocycles. The third-order valence-corrected chi connectivity index (χ3v) is 5.53. The van der Waals surface area contributed by atoms with Crippen LogP contribution in [0.2, 0.25) is 15.5 Å². The quantitative estimate of drug-likeness (QED) is 0.570. The first kappa shape index (κ1) is 18.6. The Morgan fingerprint density at radius 2 is 1.32 bits per heavy atom. The molecule has 2 aliphatic rings. The molecule has 0 spiro atoms. The Morgan fingerprint density at radius 3 is 1.80 bits per heavy atom. The van der Waals surface area contributed by atoms with E-state index in [0.29, 0.717) is 33.1 Å². The Morgan fingerprint density at radius 1 is 0.800 bits per heavy atom. The maximum Gasteiger partial charge on any atom is 0.163 e. The van der Waals surface area contributed by atoms with Gasteiger partial charge in [0.15, 0.2) is 21.3 Å². The number of hydrazine groups is 1. The van der Waals surface area contributed by atoms with Crippen LogP contribution in [0.15, 0.2) is 12.1 Å². The molecule has 0 bridgehead atoms. The highest BCUT2D eigenvalue weighted by Gasteiger charge is 2.23. The number of anilines is 1. The monoisotopic (exact) mass is 400 g/mol. The second-order valence-corrected chi connectivity index (χ2v) is 7.39. The van der Waals surface area contributed by atoms with Crippen LogP contribution >= 0.6 is 34.8 Å². The van der Waals surface area contributed by atoms with Gasteiger partial charge in [-0.25, -0.2) is 5.84 Å². The van der Waals surface area contributed by atoms with Crippen LogP contribution in [0.25, 0.3) is 0 Å². The highest BCUT2D eigenvalue weighted by molar-refractivity contribution is 6.31. The van der Waals surface area contributed by atoms with Gasteiger partial charge in [-0.05, 0) is 60.8 Å². The molecule has 2 heterocycles. The van der Waals surface area contributed by atoms with Crippen LogP contribution in [0.5, 0.6) is 0 Å². The van der Waals surface area contributed by atoms with Gasteiger partial charge in [0.05, 0.1) is 0 Å². The average molecular weight is 402 g/mol. The predicted molar refractivity (Wildman–Crippen MR) is 100 cm³/mol. The van der Waals surface area contributed by atoms with Gasteiger partial charge in [0.1, 0.15) is 0 Å². The molecule has 0 unspecified atom stereocenters. The Balaban J connectivity index is 0.000000146. The molecule has 0 amide bonds. The summed E-state index contributed by atoms with van der Waals surface area (Å²) >= 11 is 17.5. The van der Waals surface area contributed by atoms with E-state index in [0.717, 1.165) is 11.1 Å². The Labute approximate surface area is 161 Å². The largest absolute Gasteiger partial charge is 0.307 e.